The van der Waals surface area contributed by atoms with Crippen LogP contribution in [-0.4, -0.2) is 44.1 Å². The van der Waals surface area contributed by atoms with Crippen molar-refractivity contribution in [1.82, 2.24) is 24.4 Å². The van der Waals surface area contributed by atoms with Crippen LogP contribution in [0.25, 0.3) is 22.6 Å². The maximum Gasteiger partial charge on any atom is 0.166 e. The molecule has 152 valence electrons. The van der Waals surface area contributed by atoms with E-state index in [0.29, 0.717) is 0 Å². The van der Waals surface area contributed by atoms with Crippen LogP contribution in [0.5, 0.6) is 0 Å². The molecule has 5 rings (SSSR count). The summed E-state index contributed by atoms with van der Waals surface area (Å²) in [4.78, 5) is 17.0. The van der Waals surface area contributed by atoms with Crippen LogP contribution in [-0.2, 0) is 6.54 Å². The van der Waals surface area contributed by atoms with Crippen molar-refractivity contribution in [3.05, 3.63) is 66.5 Å². The molecule has 0 spiro atoms. The highest BCUT2D eigenvalue weighted by Gasteiger charge is 2.20. The van der Waals surface area contributed by atoms with E-state index < -0.39 is 0 Å². The van der Waals surface area contributed by atoms with Crippen molar-refractivity contribution in [3.8, 4) is 11.4 Å². The molecule has 1 aliphatic rings. The minimum absolute atomic E-state index is 0.739. The number of nitrogens with zero attached hydrogens (tertiary/aromatic N) is 5. The van der Waals surface area contributed by atoms with Crippen molar-refractivity contribution >= 4 is 22.7 Å². The molecule has 6 heteroatoms. The van der Waals surface area contributed by atoms with Crippen LogP contribution >= 0.6 is 0 Å². The van der Waals surface area contributed by atoms with Crippen molar-refractivity contribution in [2.45, 2.75) is 26.3 Å². The average molecular weight is 399 g/mol. The molecule has 0 unspecified atom stereocenters. The predicted molar refractivity (Wildman–Crippen MR) is 121 cm³/mol. The van der Waals surface area contributed by atoms with Crippen molar-refractivity contribution in [2.24, 2.45) is 0 Å². The summed E-state index contributed by atoms with van der Waals surface area (Å²) >= 11 is 0. The molecule has 0 aliphatic carbocycles. The fraction of sp³-hybridized carbons (Fsp3) is 0.292. The summed E-state index contributed by atoms with van der Waals surface area (Å²) < 4.78 is 2.26. The lowest BCUT2D eigenvalue weighted by atomic mass is 10.2. The van der Waals surface area contributed by atoms with E-state index in [0.717, 1.165) is 53.0 Å². The number of aryl methyl sites for hydroxylation is 1. The number of hydrogen-bond acceptors (Lipinski definition) is 5. The van der Waals surface area contributed by atoms with Gasteiger partial charge in [-0.3, -0.25) is 0 Å². The van der Waals surface area contributed by atoms with Crippen LogP contribution in [0.1, 0.15) is 18.7 Å². The second-order valence-electron chi connectivity index (χ2n) is 7.78. The van der Waals surface area contributed by atoms with Gasteiger partial charge in [0.05, 0.1) is 0 Å². The van der Waals surface area contributed by atoms with Gasteiger partial charge in [-0.25, -0.2) is 15.0 Å². The normalized spacial score (nSPS) is 14.4. The zero-order valence-electron chi connectivity index (χ0n) is 17.3. The van der Waals surface area contributed by atoms with E-state index in [1.165, 1.54) is 25.9 Å². The molecule has 2 aromatic carbocycles. The Balaban J connectivity index is 1.61. The first-order chi connectivity index (χ1) is 14.8. The number of fused-ring (bicyclic) bond motifs is 1. The number of imidazole rings is 1. The first kappa shape index (κ1) is 18.8. The molecule has 0 amide bonds. The fourth-order valence-electron chi connectivity index (χ4n) is 4.12. The Morgan fingerprint density at radius 3 is 2.27 bits per heavy atom. The molecular weight excluding hydrogens is 372 g/mol. The minimum atomic E-state index is 0.739. The third-order valence-electron chi connectivity index (χ3n) is 5.61. The number of likely N-dealkylation sites (tertiary alicyclic amines) is 1. The van der Waals surface area contributed by atoms with Crippen LogP contribution in [0.2, 0.25) is 0 Å². The molecule has 30 heavy (non-hydrogen) atoms. The highest BCUT2D eigenvalue weighted by molar-refractivity contribution is 5.88. The van der Waals surface area contributed by atoms with E-state index in [2.05, 4.69) is 44.0 Å². The summed E-state index contributed by atoms with van der Waals surface area (Å²) in [6.07, 6.45) is 2.59. The van der Waals surface area contributed by atoms with Gasteiger partial charge in [0.25, 0.3) is 0 Å². The molecule has 1 fully saturated rings. The maximum atomic E-state index is 5.02. The Bertz CT molecular complexity index is 1130. The largest absolute Gasteiger partial charge is 0.338 e. The molecule has 1 saturated heterocycles. The second kappa shape index (κ2) is 8.24. The van der Waals surface area contributed by atoms with Gasteiger partial charge in [-0.2, -0.15) is 0 Å². The third-order valence-corrected chi connectivity index (χ3v) is 5.61. The molecular formula is C24H26N6. The van der Waals surface area contributed by atoms with Gasteiger partial charge in [0.1, 0.15) is 11.6 Å². The molecule has 0 radical (unpaired) electrons. The van der Waals surface area contributed by atoms with Crippen LogP contribution < -0.4 is 5.32 Å². The molecule has 0 saturated carbocycles. The lowest BCUT2D eigenvalue weighted by molar-refractivity contribution is 0.324. The van der Waals surface area contributed by atoms with Gasteiger partial charge in [-0.1, -0.05) is 48.5 Å². The highest BCUT2D eigenvalue weighted by Crippen LogP contribution is 2.29. The third kappa shape index (κ3) is 3.78. The quantitative estimate of drug-likeness (QED) is 0.513. The van der Waals surface area contributed by atoms with E-state index in [1.807, 2.05) is 43.3 Å². The van der Waals surface area contributed by atoms with Crippen LogP contribution in [0, 0.1) is 6.92 Å². The number of benzene rings is 2. The Labute approximate surface area is 176 Å². The van der Waals surface area contributed by atoms with Crippen LogP contribution in [0.15, 0.2) is 60.7 Å². The van der Waals surface area contributed by atoms with Crippen LogP contribution in [0.3, 0.4) is 0 Å². The predicted octanol–water partition coefficient (Wildman–Crippen LogP) is 4.64. The van der Waals surface area contributed by atoms with E-state index in [4.69, 9.17) is 9.97 Å². The lowest BCUT2D eigenvalue weighted by Gasteiger charge is -2.16. The molecule has 2 aromatic heterocycles. The smallest absolute Gasteiger partial charge is 0.166 e. The topological polar surface area (TPSA) is 58.9 Å². The first-order valence-electron chi connectivity index (χ1n) is 10.6. The molecule has 3 heterocycles. The van der Waals surface area contributed by atoms with E-state index in [-0.39, 0.29) is 0 Å². The van der Waals surface area contributed by atoms with Crippen molar-refractivity contribution < 1.29 is 0 Å². The summed E-state index contributed by atoms with van der Waals surface area (Å²) in [7, 11) is 0. The average Bonchev–Trinajstić information content (AvgIpc) is 3.41. The summed E-state index contributed by atoms with van der Waals surface area (Å²) in [6, 6.07) is 20.5. The number of rotatable bonds is 6. The fourth-order valence-corrected chi connectivity index (χ4v) is 4.12. The summed E-state index contributed by atoms with van der Waals surface area (Å²) in [5.74, 6) is 2.43. The van der Waals surface area contributed by atoms with E-state index in [1.54, 1.807) is 0 Å². The zero-order chi connectivity index (χ0) is 20.3. The number of para-hydroxylation sites is 1. The maximum absolute atomic E-state index is 5.02. The van der Waals surface area contributed by atoms with Gasteiger partial charge >= 0.3 is 0 Å². The summed E-state index contributed by atoms with van der Waals surface area (Å²) in [5, 5.41) is 3.44. The number of hydrogen-bond donors (Lipinski definition) is 1. The number of nitrogens with one attached hydrogen (secondary N) is 1. The van der Waals surface area contributed by atoms with Crippen molar-refractivity contribution in [2.75, 3.05) is 25.0 Å². The van der Waals surface area contributed by atoms with Gasteiger partial charge in [0, 0.05) is 24.3 Å². The molecule has 4 aromatic rings. The molecule has 1 aliphatic heterocycles. The van der Waals surface area contributed by atoms with Crippen LogP contribution in [0.4, 0.5) is 11.5 Å². The summed E-state index contributed by atoms with van der Waals surface area (Å²) in [5.41, 5.74) is 3.79. The zero-order valence-corrected chi connectivity index (χ0v) is 17.3. The van der Waals surface area contributed by atoms with Gasteiger partial charge in [0.15, 0.2) is 17.0 Å². The Kier molecular flexibility index (Phi) is 5.15. The van der Waals surface area contributed by atoms with Crippen molar-refractivity contribution in [3.63, 3.8) is 0 Å². The second-order valence-corrected chi connectivity index (χ2v) is 7.78. The van der Waals surface area contributed by atoms with Gasteiger partial charge in [-0.15, -0.1) is 0 Å². The standard InChI is InChI=1S/C24H26N6/c1-18-25-22(27-20-12-6-3-7-13-20)21-24(26-18)30(17-16-29-14-8-9-15-29)23(28-21)19-10-4-2-5-11-19/h2-7,10-13H,8-9,14-17H2,1H3,(H,25,26,27). The molecule has 6 nitrogen and oxygen atoms in total. The number of anilines is 2. The van der Waals surface area contributed by atoms with Gasteiger partial charge in [-0.05, 0) is 45.0 Å². The van der Waals surface area contributed by atoms with Crippen molar-refractivity contribution in [1.29, 1.82) is 0 Å². The van der Waals surface area contributed by atoms with E-state index in [9.17, 15) is 0 Å². The highest BCUT2D eigenvalue weighted by atomic mass is 15.2. The Morgan fingerprint density at radius 1 is 0.833 bits per heavy atom. The van der Waals surface area contributed by atoms with E-state index >= 15 is 0 Å². The minimum Gasteiger partial charge on any atom is -0.338 e. The Hall–Kier alpha value is -3.25. The molecule has 0 atom stereocenters. The van der Waals surface area contributed by atoms with Gasteiger partial charge in [0.2, 0.25) is 0 Å². The monoisotopic (exact) mass is 398 g/mol. The lowest BCUT2D eigenvalue weighted by Crippen LogP contribution is -2.24. The summed E-state index contributed by atoms with van der Waals surface area (Å²) in [6.45, 7) is 6.18. The molecule has 0 bridgehead atoms. The molecule has 1 N–H and O–H groups in total. The first-order valence-corrected chi connectivity index (χ1v) is 10.6. The van der Waals surface area contributed by atoms with Gasteiger partial charge < -0.3 is 14.8 Å². The SMILES string of the molecule is Cc1nc(Nc2ccccc2)c2nc(-c3ccccc3)n(CCN3CCCC3)c2n1. The Morgan fingerprint density at radius 2 is 1.53 bits per heavy atom. The number of aromatic nitrogens is 4.